The molecule has 1 amide bonds. The molecule has 1 aromatic heterocycles. The normalized spacial score (nSPS) is 10.8. The summed E-state index contributed by atoms with van der Waals surface area (Å²) in [5.74, 6) is 1.18. The van der Waals surface area contributed by atoms with Crippen molar-refractivity contribution in [2.45, 2.75) is 6.92 Å². The van der Waals surface area contributed by atoms with Crippen LogP contribution in [0.2, 0.25) is 0 Å². The number of hydrogen-bond acceptors (Lipinski definition) is 4. The van der Waals surface area contributed by atoms with Crippen LogP contribution in [0.3, 0.4) is 0 Å². The number of rotatable bonds is 4. The minimum Gasteiger partial charge on any atom is -0.495 e. The molecule has 5 heteroatoms. The zero-order valence-electron chi connectivity index (χ0n) is 11.7. The van der Waals surface area contributed by atoms with Crippen molar-refractivity contribution in [3.05, 3.63) is 53.5 Å². The third kappa shape index (κ3) is 3.51. The summed E-state index contributed by atoms with van der Waals surface area (Å²) < 4.78 is 10.5. The first kappa shape index (κ1) is 14.4. The molecule has 0 aliphatic rings. The van der Waals surface area contributed by atoms with E-state index < -0.39 is 5.91 Å². The largest absolute Gasteiger partial charge is 0.495 e. The predicted octanol–water partition coefficient (Wildman–Crippen LogP) is 3.14. The summed E-state index contributed by atoms with van der Waals surface area (Å²) in [4.78, 5) is 12.1. The molecule has 106 valence electrons. The number of amides is 1. The van der Waals surface area contributed by atoms with Crippen LogP contribution >= 0.6 is 0 Å². The highest BCUT2D eigenvalue weighted by Gasteiger charge is 2.12. The Kier molecular flexibility index (Phi) is 4.42. The number of nitriles is 1. The maximum absolute atomic E-state index is 12.1. The number of hydrogen-bond donors (Lipinski definition) is 1. The maximum atomic E-state index is 12.1. The molecule has 21 heavy (non-hydrogen) atoms. The van der Waals surface area contributed by atoms with Gasteiger partial charge in [-0.15, -0.1) is 0 Å². The average molecular weight is 282 g/mol. The van der Waals surface area contributed by atoms with E-state index in [-0.39, 0.29) is 5.57 Å². The smallest absolute Gasteiger partial charge is 0.266 e. The highest BCUT2D eigenvalue weighted by Crippen LogP contribution is 2.23. The third-order valence-corrected chi connectivity index (χ3v) is 2.77. The lowest BCUT2D eigenvalue weighted by Gasteiger charge is -2.08. The summed E-state index contributed by atoms with van der Waals surface area (Å²) >= 11 is 0. The van der Waals surface area contributed by atoms with Crippen LogP contribution in [0, 0.1) is 18.3 Å². The molecule has 1 aromatic carbocycles. The fourth-order valence-electron chi connectivity index (χ4n) is 1.76. The molecule has 0 unspecified atom stereocenters. The minimum atomic E-state index is -0.518. The molecule has 2 aromatic rings. The molecule has 0 atom stereocenters. The fourth-order valence-corrected chi connectivity index (χ4v) is 1.76. The molecule has 0 aliphatic carbocycles. The van der Waals surface area contributed by atoms with Crippen molar-refractivity contribution in [1.29, 1.82) is 5.26 Å². The fraction of sp³-hybridized carbons (Fsp3) is 0.125. The lowest BCUT2D eigenvalue weighted by molar-refractivity contribution is -0.112. The molecule has 2 rings (SSSR count). The molecule has 5 nitrogen and oxygen atoms in total. The van der Waals surface area contributed by atoms with E-state index in [2.05, 4.69) is 5.32 Å². The van der Waals surface area contributed by atoms with Crippen molar-refractivity contribution in [3.8, 4) is 11.8 Å². The van der Waals surface area contributed by atoms with Gasteiger partial charge in [0.1, 0.15) is 28.9 Å². The van der Waals surface area contributed by atoms with E-state index in [0.29, 0.717) is 23.0 Å². The second kappa shape index (κ2) is 6.44. The van der Waals surface area contributed by atoms with Gasteiger partial charge < -0.3 is 14.5 Å². The van der Waals surface area contributed by atoms with Gasteiger partial charge in [-0.25, -0.2) is 0 Å². The van der Waals surface area contributed by atoms with Gasteiger partial charge >= 0.3 is 0 Å². The van der Waals surface area contributed by atoms with E-state index in [1.54, 1.807) is 43.3 Å². The van der Waals surface area contributed by atoms with E-state index in [0.717, 1.165) is 0 Å². The Morgan fingerprint density at radius 1 is 1.33 bits per heavy atom. The van der Waals surface area contributed by atoms with Crippen LogP contribution in [0.4, 0.5) is 5.69 Å². The van der Waals surface area contributed by atoms with Gasteiger partial charge in [0.25, 0.3) is 5.91 Å². The van der Waals surface area contributed by atoms with Gasteiger partial charge in [-0.05, 0) is 31.2 Å². The van der Waals surface area contributed by atoms with Crippen LogP contribution in [-0.4, -0.2) is 13.0 Å². The van der Waals surface area contributed by atoms with Gasteiger partial charge in [-0.1, -0.05) is 12.1 Å². The summed E-state index contributed by atoms with van der Waals surface area (Å²) in [5, 5.41) is 11.8. The maximum Gasteiger partial charge on any atom is 0.266 e. The Hall–Kier alpha value is -3.00. The predicted molar refractivity (Wildman–Crippen MR) is 78.7 cm³/mol. The first-order valence-corrected chi connectivity index (χ1v) is 6.26. The van der Waals surface area contributed by atoms with Gasteiger partial charge in [-0.2, -0.15) is 5.26 Å². The number of carbonyl (C=O) groups is 1. The van der Waals surface area contributed by atoms with Gasteiger partial charge in [0, 0.05) is 6.08 Å². The third-order valence-electron chi connectivity index (χ3n) is 2.77. The lowest BCUT2D eigenvalue weighted by atomic mass is 10.2. The molecule has 0 fully saturated rings. The van der Waals surface area contributed by atoms with Crippen molar-refractivity contribution in [1.82, 2.24) is 0 Å². The van der Waals surface area contributed by atoms with Crippen LogP contribution in [0.5, 0.6) is 5.75 Å². The Bertz CT molecular complexity index is 723. The van der Waals surface area contributed by atoms with Crippen molar-refractivity contribution < 1.29 is 13.9 Å². The first-order chi connectivity index (χ1) is 10.1. The quantitative estimate of drug-likeness (QED) is 0.690. The van der Waals surface area contributed by atoms with E-state index >= 15 is 0 Å². The van der Waals surface area contributed by atoms with Crippen molar-refractivity contribution in [3.63, 3.8) is 0 Å². The van der Waals surface area contributed by atoms with E-state index in [9.17, 15) is 4.79 Å². The molecule has 0 spiro atoms. The molecule has 0 bridgehead atoms. The molecule has 1 N–H and O–H groups in total. The number of carbonyl (C=O) groups excluding carboxylic acids is 1. The summed E-state index contributed by atoms with van der Waals surface area (Å²) in [6.45, 7) is 1.79. The van der Waals surface area contributed by atoms with E-state index in [1.165, 1.54) is 13.2 Å². The van der Waals surface area contributed by atoms with Crippen molar-refractivity contribution in [2.24, 2.45) is 0 Å². The molecule has 0 saturated heterocycles. The zero-order valence-corrected chi connectivity index (χ0v) is 11.7. The summed E-state index contributed by atoms with van der Waals surface area (Å²) in [5.41, 5.74) is 0.456. The Labute approximate surface area is 122 Å². The molecular formula is C16H14N2O3. The van der Waals surface area contributed by atoms with E-state index in [4.69, 9.17) is 14.4 Å². The number of nitrogens with zero attached hydrogens (tertiary/aromatic N) is 1. The molecular weight excluding hydrogens is 268 g/mol. The number of furan rings is 1. The zero-order chi connectivity index (χ0) is 15.2. The number of methoxy groups -OCH3 is 1. The monoisotopic (exact) mass is 282 g/mol. The van der Waals surface area contributed by atoms with E-state index in [1.807, 2.05) is 6.07 Å². The second-order valence-corrected chi connectivity index (χ2v) is 4.27. The molecule has 0 saturated carbocycles. The number of nitrogens with one attached hydrogen (secondary N) is 1. The van der Waals surface area contributed by atoms with Crippen LogP contribution < -0.4 is 10.1 Å². The minimum absolute atomic E-state index is 0.0461. The van der Waals surface area contributed by atoms with Gasteiger partial charge in [0.15, 0.2) is 0 Å². The topological polar surface area (TPSA) is 75.3 Å². The Morgan fingerprint density at radius 2 is 2.10 bits per heavy atom. The van der Waals surface area contributed by atoms with Gasteiger partial charge in [-0.3, -0.25) is 4.79 Å². The highest BCUT2D eigenvalue weighted by atomic mass is 16.5. The number of aryl methyl sites for hydroxylation is 1. The van der Waals surface area contributed by atoms with Crippen LogP contribution in [0.1, 0.15) is 11.5 Å². The Morgan fingerprint density at radius 3 is 2.71 bits per heavy atom. The SMILES string of the molecule is COc1ccccc1NC(=O)C(C#N)=Cc1ccc(C)o1. The second-order valence-electron chi connectivity index (χ2n) is 4.27. The highest BCUT2D eigenvalue weighted by molar-refractivity contribution is 6.10. The number of ether oxygens (including phenoxy) is 1. The summed E-state index contributed by atoms with van der Waals surface area (Å²) in [7, 11) is 1.51. The van der Waals surface area contributed by atoms with Gasteiger partial charge in [0.05, 0.1) is 12.8 Å². The molecule has 1 heterocycles. The number of benzene rings is 1. The van der Waals surface area contributed by atoms with Crippen molar-refractivity contribution >= 4 is 17.7 Å². The van der Waals surface area contributed by atoms with Crippen molar-refractivity contribution in [2.75, 3.05) is 12.4 Å². The average Bonchev–Trinajstić information content (AvgIpc) is 2.90. The van der Waals surface area contributed by atoms with Crippen LogP contribution in [0.25, 0.3) is 6.08 Å². The lowest BCUT2D eigenvalue weighted by Crippen LogP contribution is -2.14. The standard InChI is InChI=1S/C16H14N2O3/c1-11-7-8-13(21-11)9-12(10-17)16(19)18-14-5-3-4-6-15(14)20-2/h3-9H,1-2H3,(H,18,19). The van der Waals surface area contributed by atoms with Crippen LogP contribution in [0.15, 0.2) is 46.4 Å². The number of para-hydroxylation sites is 2. The van der Waals surface area contributed by atoms with Crippen LogP contribution in [-0.2, 0) is 4.79 Å². The molecule has 0 radical (unpaired) electrons. The Balaban J connectivity index is 2.22. The number of anilines is 1. The van der Waals surface area contributed by atoms with Gasteiger partial charge in [0.2, 0.25) is 0 Å². The molecule has 0 aliphatic heterocycles. The summed E-state index contributed by atoms with van der Waals surface area (Å²) in [6.07, 6.45) is 1.40. The summed E-state index contributed by atoms with van der Waals surface area (Å²) in [6, 6.07) is 12.3. The first-order valence-electron chi connectivity index (χ1n) is 6.26.